The molecule has 4 aromatic rings. The molecule has 0 aliphatic heterocycles. The lowest BCUT2D eigenvalue weighted by Crippen LogP contribution is -2.14. The van der Waals surface area contributed by atoms with Crippen LogP contribution in [-0.2, 0) is 0 Å². The topological polar surface area (TPSA) is 72.7 Å². The molecular weight excluding hydrogens is 346 g/mol. The van der Waals surface area contributed by atoms with E-state index >= 15 is 0 Å². The first kappa shape index (κ1) is 16.7. The van der Waals surface area contributed by atoms with Crippen molar-refractivity contribution in [3.05, 3.63) is 47.3 Å². The number of hydrogen-bond acceptors (Lipinski definition) is 5. The number of aromatic nitrogens is 4. The van der Waals surface area contributed by atoms with Crippen molar-refractivity contribution in [1.82, 2.24) is 19.7 Å². The molecule has 0 saturated heterocycles. The van der Waals surface area contributed by atoms with Gasteiger partial charge >= 0.3 is 0 Å². The van der Waals surface area contributed by atoms with Crippen LogP contribution in [0, 0.1) is 13.8 Å². The van der Waals surface area contributed by atoms with Crippen LogP contribution in [0.15, 0.2) is 30.5 Å². The van der Waals surface area contributed by atoms with Crippen LogP contribution in [0.3, 0.4) is 0 Å². The van der Waals surface area contributed by atoms with Gasteiger partial charge in [-0.1, -0.05) is 17.4 Å². The third-order valence-corrected chi connectivity index (χ3v) is 5.19. The molecule has 1 aromatic carbocycles. The predicted octanol–water partition coefficient (Wildman–Crippen LogP) is 4.49. The van der Waals surface area contributed by atoms with Gasteiger partial charge in [0, 0.05) is 11.4 Å². The number of fused-ring (bicyclic) bond motifs is 2. The quantitative estimate of drug-likeness (QED) is 0.580. The van der Waals surface area contributed by atoms with Gasteiger partial charge in [-0.2, -0.15) is 5.10 Å². The summed E-state index contributed by atoms with van der Waals surface area (Å²) >= 11 is 1.47. The lowest BCUT2D eigenvalue weighted by molar-refractivity contribution is 0.102. The highest BCUT2D eigenvalue weighted by Gasteiger charge is 2.16. The van der Waals surface area contributed by atoms with Crippen LogP contribution in [0.2, 0.25) is 0 Å². The first-order valence-corrected chi connectivity index (χ1v) is 9.27. The Labute approximate surface area is 154 Å². The molecule has 4 rings (SSSR count). The second-order valence-electron chi connectivity index (χ2n) is 6.66. The zero-order valence-corrected chi connectivity index (χ0v) is 15.9. The van der Waals surface area contributed by atoms with Gasteiger partial charge in [-0.3, -0.25) is 10.1 Å². The molecule has 0 fully saturated rings. The summed E-state index contributed by atoms with van der Waals surface area (Å²) in [4.78, 5) is 21.8. The van der Waals surface area contributed by atoms with Gasteiger partial charge in [0.2, 0.25) is 0 Å². The average molecular weight is 365 g/mol. The number of benzene rings is 1. The van der Waals surface area contributed by atoms with Crippen molar-refractivity contribution in [2.75, 3.05) is 5.32 Å². The number of thiazole rings is 1. The number of anilines is 1. The summed E-state index contributed by atoms with van der Waals surface area (Å²) in [7, 11) is 0. The van der Waals surface area contributed by atoms with E-state index in [1.54, 1.807) is 6.20 Å². The highest BCUT2D eigenvalue weighted by Crippen LogP contribution is 2.27. The SMILES string of the molecule is Cc1ccc2nc(NC(=O)c3cc4cnn(C(C)C)c4nc3C)sc2c1. The summed E-state index contributed by atoms with van der Waals surface area (Å²) in [6, 6.07) is 8.11. The van der Waals surface area contributed by atoms with E-state index in [1.165, 1.54) is 16.9 Å². The second-order valence-corrected chi connectivity index (χ2v) is 7.69. The largest absolute Gasteiger partial charge is 0.298 e. The Morgan fingerprint density at radius 3 is 2.77 bits per heavy atom. The Balaban J connectivity index is 1.67. The number of nitrogens with one attached hydrogen (secondary N) is 1. The molecule has 6 nitrogen and oxygen atoms in total. The summed E-state index contributed by atoms with van der Waals surface area (Å²) in [6.07, 6.45) is 1.75. The third-order valence-electron chi connectivity index (χ3n) is 4.26. The Morgan fingerprint density at radius 2 is 2.00 bits per heavy atom. The lowest BCUT2D eigenvalue weighted by Gasteiger charge is -2.09. The monoisotopic (exact) mass is 365 g/mol. The number of amides is 1. The molecule has 0 aliphatic rings. The lowest BCUT2D eigenvalue weighted by atomic mass is 10.1. The minimum Gasteiger partial charge on any atom is -0.298 e. The Kier molecular flexibility index (Phi) is 3.96. The fourth-order valence-electron chi connectivity index (χ4n) is 2.92. The molecule has 0 spiro atoms. The van der Waals surface area contributed by atoms with Gasteiger partial charge in [-0.25, -0.2) is 14.6 Å². The summed E-state index contributed by atoms with van der Waals surface area (Å²) in [5.74, 6) is -0.204. The minimum atomic E-state index is -0.204. The minimum absolute atomic E-state index is 0.204. The van der Waals surface area contributed by atoms with Crippen LogP contribution in [-0.4, -0.2) is 25.7 Å². The number of rotatable bonds is 3. The van der Waals surface area contributed by atoms with E-state index in [0.717, 1.165) is 21.3 Å². The van der Waals surface area contributed by atoms with E-state index in [4.69, 9.17) is 0 Å². The standard InChI is InChI=1S/C19H19N5OS/c1-10(2)24-17-13(9-20-24)8-14(12(4)21-17)18(25)23-19-22-15-6-5-11(3)7-16(15)26-19/h5-10H,1-4H3,(H,22,23,25). The molecule has 0 radical (unpaired) electrons. The highest BCUT2D eigenvalue weighted by atomic mass is 32.1. The van der Waals surface area contributed by atoms with E-state index < -0.39 is 0 Å². The number of pyridine rings is 1. The van der Waals surface area contributed by atoms with Crippen molar-refractivity contribution in [2.45, 2.75) is 33.7 Å². The van der Waals surface area contributed by atoms with E-state index in [1.807, 2.05) is 36.7 Å². The highest BCUT2D eigenvalue weighted by molar-refractivity contribution is 7.22. The predicted molar refractivity (Wildman–Crippen MR) is 105 cm³/mol. The van der Waals surface area contributed by atoms with Crippen LogP contribution in [0.5, 0.6) is 0 Å². The molecule has 3 heterocycles. The number of hydrogen-bond donors (Lipinski definition) is 1. The summed E-state index contributed by atoms with van der Waals surface area (Å²) in [6.45, 7) is 7.99. The maximum Gasteiger partial charge on any atom is 0.259 e. The molecule has 0 aliphatic carbocycles. The normalized spacial score (nSPS) is 11.6. The zero-order valence-electron chi connectivity index (χ0n) is 15.1. The van der Waals surface area contributed by atoms with Gasteiger partial charge in [0.25, 0.3) is 5.91 Å². The van der Waals surface area contributed by atoms with Gasteiger partial charge in [-0.15, -0.1) is 0 Å². The van der Waals surface area contributed by atoms with E-state index in [2.05, 4.69) is 40.3 Å². The smallest absolute Gasteiger partial charge is 0.259 e. The van der Waals surface area contributed by atoms with Gasteiger partial charge in [0.15, 0.2) is 10.8 Å². The van der Waals surface area contributed by atoms with Crippen molar-refractivity contribution in [1.29, 1.82) is 0 Å². The fourth-order valence-corrected chi connectivity index (χ4v) is 3.88. The Bertz CT molecular complexity index is 1140. The van der Waals surface area contributed by atoms with E-state index in [-0.39, 0.29) is 11.9 Å². The average Bonchev–Trinajstić information content (AvgIpc) is 3.16. The van der Waals surface area contributed by atoms with Gasteiger partial charge in [0.05, 0.1) is 27.7 Å². The molecule has 0 saturated carbocycles. The van der Waals surface area contributed by atoms with E-state index in [9.17, 15) is 4.79 Å². The van der Waals surface area contributed by atoms with E-state index in [0.29, 0.717) is 16.4 Å². The number of aryl methyl sites for hydroxylation is 2. The van der Waals surface area contributed by atoms with Crippen LogP contribution >= 0.6 is 11.3 Å². The molecule has 1 N–H and O–H groups in total. The molecular formula is C19H19N5OS. The summed E-state index contributed by atoms with van der Waals surface area (Å²) in [5.41, 5.74) is 4.07. The molecule has 132 valence electrons. The summed E-state index contributed by atoms with van der Waals surface area (Å²) < 4.78 is 2.92. The first-order chi connectivity index (χ1) is 12.4. The zero-order chi connectivity index (χ0) is 18.4. The van der Waals surface area contributed by atoms with Crippen LogP contribution in [0.1, 0.15) is 41.5 Å². The van der Waals surface area contributed by atoms with Crippen LogP contribution in [0.25, 0.3) is 21.3 Å². The summed E-state index contributed by atoms with van der Waals surface area (Å²) in [5, 5.41) is 8.72. The molecule has 1 amide bonds. The maximum atomic E-state index is 12.8. The Morgan fingerprint density at radius 1 is 1.19 bits per heavy atom. The van der Waals surface area contributed by atoms with Crippen LogP contribution < -0.4 is 5.32 Å². The molecule has 0 bridgehead atoms. The molecule has 26 heavy (non-hydrogen) atoms. The number of carbonyl (C=O) groups excluding carboxylic acids is 1. The molecule has 0 atom stereocenters. The number of nitrogens with zero attached hydrogens (tertiary/aromatic N) is 4. The van der Waals surface area contributed by atoms with Crippen molar-refractivity contribution >= 4 is 43.6 Å². The van der Waals surface area contributed by atoms with Crippen molar-refractivity contribution in [3.8, 4) is 0 Å². The van der Waals surface area contributed by atoms with Gasteiger partial charge in [-0.05, 0) is 51.5 Å². The third kappa shape index (κ3) is 2.84. The van der Waals surface area contributed by atoms with Crippen molar-refractivity contribution in [3.63, 3.8) is 0 Å². The van der Waals surface area contributed by atoms with Crippen molar-refractivity contribution in [2.24, 2.45) is 0 Å². The molecule has 0 unspecified atom stereocenters. The Hall–Kier alpha value is -2.80. The maximum absolute atomic E-state index is 12.8. The fraction of sp³-hybridized carbons (Fsp3) is 0.263. The molecule has 3 aromatic heterocycles. The van der Waals surface area contributed by atoms with Crippen molar-refractivity contribution < 1.29 is 4.79 Å². The first-order valence-electron chi connectivity index (χ1n) is 8.46. The number of carbonyl (C=O) groups is 1. The van der Waals surface area contributed by atoms with Gasteiger partial charge < -0.3 is 0 Å². The van der Waals surface area contributed by atoms with Gasteiger partial charge in [0.1, 0.15) is 0 Å². The van der Waals surface area contributed by atoms with Crippen LogP contribution in [0.4, 0.5) is 5.13 Å². The molecule has 7 heteroatoms. The second kappa shape index (κ2) is 6.17.